The Bertz CT molecular complexity index is 510. The molecule has 1 unspecified atom stereocenters. The number of nitrogens with one attached hydrogen (secondary N) is 1. The first-order valence-corrected chi connectivity index (χ1v) is 4.55. The summed E-state index contributed by atoms with van der Waals surface area (Å²) < 4.78 is 37.2. The Labute approximate surface area is 93.0 Å². The lowest BCUT2D eigenvalue weighted by Crippen LogP contribution is -2.39. The summed E-state index contributed by atoms with van der Waals surface area (Å²) in [5, 5.41) is 11.3. The van der Waals surface area contributed by atoms with Crippen LogP contribution in [-0.2, 0) is 11.0 Å². The molecule has 1 aliphatic rings. The van der Waals surface area contributed by atoms with Crippen LogP contribution in [0.3, 0.4) is 0 Å². The fraction of sp³-hybridized carbons (Fsp3) is 0.200. The molecule has 0 aromatic heterocycles. The summed E-state index contributed by atoms with van der Waals surface area (Å²) in [5.41, 5.74) is -1.38. The summed E-state index contributed by atoms with van der Waals surface area (Å²) in [4.78, 5) is 22.5. The number of halogens is 3. The highest BCUT2D eigenvalue weighted by Crippen LogP contribution is 2.33. The van der Waals surface area contributed by atoms with Crippen LogP contribution in [0.4, 0.5) is 18.9 Å². The molecule has 0 fully saturated rings. The lowest BCUT2D eigenvalue weighted by molar-refractivity contribution is -0.137. The zero-order valence-corrected chi connectivity index (χ0v) is 8.21. The van der Waals surface area contributed by atoms with Gasteiger partial charge in [-0.1, -0.05) is 0 Å². The number of anilines is 1. The largest absolute Gasteiger partial charge is 0.416 e. The molecule has 1 amide bonds. The summed E-state index contributed by atoms with van der Waals surface area (Å²) in [7, 11) is 0. The minimum Gasteiger partial charge on any atom is -0.376 e. The standard InChI is InChI=1S/C10H6F3NO3/c11-10(12,13)4-1-2-6-5(3-4)7(15)8(16)9(17)14-6/h1-3,8,16H,(H,14,17). The van der Waals surface area contributed by atoms with E-state index >= 15 is 0 Å². The Morgan fingerprint density at radius 1 is 1.24 bits per heavy atom. The molecule has 0 saturated heterocycles. The predicted molar refractivity (Wildman–Crippen MR) is 50.4 cm³/mol. The molecule has 1 aliphatic heterocycles. The zero-order chi connectivity index (χ0) is 12.8. The van der Waals surface area contributed by atoms with Gasteiger partial charge in [-0.05, 0) is 18.2 Å². The fourth-order valence-electron chi connectivity index (χ4n) is 1.50. The van der Waals surface area contributed by atoms with E-state index in [0.717, 1.165) is 12.1 Å². The van der Waals surface area contributed by atoms with Crippen molar-refractivity contribution in [2.45, 2.75) is 12.3 Å². The predicted octanol–water partition coefficient (Wildman–Crippen LogP) is 1.20. The Kier molecular flexibility index (Phi) is 2.43. The average Bonchev–Trinajstić information content (AvgIpc) is 2.24. The first kappa shape index (κ1) is 11.6. The molecule has 0 aliphatic carbocycles. The van der Waals surface area contributed by atoms with Crippen LogP contribution in [0.15, 0.2) is 18.2 Å². The number of aliphatic hydroxyl groups is 1. The van der Waals surface area contributed by atoms with Crippen molar-refractivity contribution in [1.29, 1.82) is 0 Å². The van der Waals surface area contributed by atoms with E-state index in [4.69, 9.17) is 5.11 Å². The second kappa shape index (κ2) is 3.56. The number of carbonyl (C=O) groups is 2. The van der Waals surface area contributed by atoms with Gasteiger partial charge in [-0.25, -0.2) is 0 Å². The summed E-state index contributed by atoms with van der Waals surface area (Å²) in [6.07, 6.45) is -6.53. The van der Waals surface area contributed by atoms with Crippen LogP contribution in [0.2, 0.25) is 0 Å². The van der Waals surface area contributed by atoms with Gasteiger partial charge in [-0.15, -0.1) is 0 Å². The molecular formula is C10H6F3NO3. The van der Waals surface area contributed by atoms with Crippen molar-refractivity contribution in [3.05, 3.63) is 29.3 Å². The maximum Gasteiger partial charge on any atom is 0.416 e. The molecule has 0 spiro atoms. The number of hydrogen-bond acceptors (Lipinski definition) is 3. The molecule has 17 heavy (non-hydrogen) atoms. The van der Waals surface area contributed by atoms with Crippen LogP contribution < -0.4 is 5.32 Å². The van der Waals surface area contributed by atoms with Crippen LogP contribution >= 0.6 is 0 Å². The summed E-state index contributed by atoms with van der Waals surface area (Å²) >= 11 is 0. The van der Waals surface area contributed by atoms with E-state index in [2.05, 4.69) is 5.32 Å². The molecule has 0 radical (unpaired) electrons. The molecule has 1 heterocycles. The summed E-state index contributed by atoms with van der Waals surface area (Å²) in [5.74, 6) is -1.97. The number of carbonyl (C=O) groups excluding carboxylic acids is 2. The van der Waals surface area contributed by atoms with Gasteiger partial charge in [0.1, 0.15) is 0 Å². The smallest absolute Gasteiger partial charge is 0.376 e. The number of alkyl halides is 3. The van der Waals surface area contributed by atoms with Crippen LogP contribution in [0.1, 0.15) is 15.9 Å². The fourth-order valence-corrected chi connectivity index (χ4v) is 1.50. The second-order valence-corrected chi connectivity index (χ2v) is 3.51. The number of amides is 1. The first-order valence-electron chi connectivity index (χ1n) is 4.55. The Balaban J connectivity index is 2.53. The van der Waals surface area contributed by atoms with Crippen molar-refractivity contribution in [3.63, 3.8) is 0 Å². The number of ketones is 1. The number of aliphatic hydroxyl groups excluding tert-OH is 1. The molecule has 7 heteroatoms. The van der Waals surface area contributed by atoms with Gasteiger partial charge >= 0.3 is 6.18 Å². The molecule has 1 aromatic carbocycles. The van der Waals surface area contributed by atoms with Crippen molar-refractivity contribution >= 4 is 17.4 Å². The average molecular weight is 245 g/mol. The minimum atomic E-state index is -4.58. The molecule has 4 nitrogen and oxygen atoms in total. The van der Waals surface area contributed by atoms with Gasteiger partial charge < -0.3 is 10.4 Å². The Morgan fingerprint density at radius 2 is 1.88 bits per heavy atom. The molecule has 90 valence electrons. The van der Waals surface area contributed by atoms with Crippen molar-refractivity contribution in [2.24, 2.45) is 0 Å². The third-order valence-corrected chi connectivity index (χ3v) is 2.37. The zero-order valence-electron chi connectivity index (χ0n) is 8.21. The molecule has 1 atom stereocenters. The van der Waals surface area contributed by atoms with Crippen LogP contribution in [0.5, 0.6) is 0 Å². The maximum absolute atomic E-state index is 12.4. The number of benzene rings is 1. The van der Waals surface area contributed by atoms with E-state index in [0.29, 0.717) is 6.07 Å². The van der Waals surface area contributed by atoms with E-state index < -0.39 is 29.5 Å². The Hall–Kier alpha value is -1.89. The van der Waals surface area contributed by atoms with Crippen molar-refractivity contribution in [1.82, 2.24) is 0 Å². The first-order chi connectivity index (χ1) is 7.80. The molecule has 2 rings (SSSR count). The van der Waals surface area contributed by atoms with Gasteiger partial charge in [0, 0.05) is 5.56 Å². The molecule has 0 bridgehead atoms. The molecule has 1 aromatic rings. The number of Topliss-reactive ketones (excluding diaryl/α,β-unsaturated/α-hetero) is 1. The monoisotopic (exact) mass is 245 g/mol. The number of fused-ring (bicyclic) bond motifs is 1. The second-order valence-electron chi connectivity index (χ2n) is 3.51. The van der Waals surface area contributed by atoms with E-state index in [9.17, 15) is 22.8 Å². The van der Waals surface area contributed by atoms with Gasteiger partial charge in [0.05, 0.1) is 11.3 Å². The lowest BCUT2D eigenvalue weighted by atomic mass is 9.97. The normalized spacial score (nSPS) is 19.9. The van der Waals surface area contributed by atoms with Crippen LogP contribution in [0, 0.1) is 0 Å². The van der Waals surface area contributed by atoms with Crippen LogP contribution in [0.25, 0.3) is 0 Å². The third-order valence-electron chi connectivity index (χ3n) is 2.37. The van der Waals surface area contributed by atoms with E-state index in [1.54, 1.807) is 0 Å². The Morgan fingerprint density at radius 3 is 2.47 bits per heavy atom. The van der Waals surface area contributed by atoms with Crippen molar-refractivity contribution in [3.8, 4) is 0 Å². The molecule has 2 N–H and O–H groups in total. The summed E-state index contributed by atoms with van der Waals surface area (Å²) in [6, 6.07) is 2.35. The highest BCUT2D eigenvalue weighted by Gasteiger charge is 2.36. The molecule has 0 saturated carbocycles. The summed E-state index contributed by atoms with van der Waals surface area (Å²) in [6.45, 7) is 0. The van der Waals surface area contributed by atoms with E-state index in [1.165, 1.54) is 0 Å². The maximum atomic E-state index is 12.4. The highest BCUT2D eigenvalue weighted by atomic mass is 19.4. The molecular weight excluding hydrogens is 239 g/mol. The quantitative estimate of drug-likeness (QED) is 0.675. The third kappa shape index (κ3) is 1.89. The SMILES string of the molecule is O=C1Nc2ccc(C(F)(F)F)cc2C(=O)C1O. The van der Waals surface area contributed by atoms with Gasteiger partial charge in [-0.2, -0.15) is 13.2 Å². The van der Waals surface area contributed by atoms with Crippen molar-refractivity contribution < 1.29 is 27.9 Å². The van der Waals surface area contributed by atoms with E-state index in [-0.39, 0.29) is 11.3 Å². The lowest BCUT2D eigenvalue weighted by Gasteiger charge is -2.20. The number of hydrogen-bond donors (Lipinski definition) is 2. The minimum absolute atomic E-state index is 0.0294. The number of rotatable bonds is 0. The van der Waals surface area contributed by atoms with Crippen LogP contribution in [-0.4, -0.2) is 22.9 Å². The van der Waals surface area contributed by atoms with Gasteiger partial charge in [0.2, 0.25) is 5.78 Å². The van der Waals surface area contributed by atoms with Gasteiger partial charge in [0.25, 0.3) is 5.91 Å². The highest BCUT2D eigenvalue weighted by molar-refractivity contribution is 6.22. The van der Waals surface area contributed by atoms with Crippen molar-refractivity contribution in [2.75, 3.05) is 5.32 Å². The van der Waals surface area contributed by atoms with E-state index in [1.807, 2.05) is 0 Å². The van der Waals surface area contributed by atoms with Gasteiger partial charge in [-0.3, -0.25) is 9.59 Å². The van der Waals surface area contributed by atoms with Gasteiger partial charge in [0.15, 0.2) is 6.10 Å². The topological polar surface area (TPSA) is 66.4 Å².